The van der Waals surface area contributed by atoms with Crippen LogP contribution in [0.2, 0.25) is 0 Å². The predicted molar refractivity (Wildman–Crippen MR) is 89.0 cm³/mol. The Balaban J connectivity index is 1.65. The lowest BCUT2D eigenvalue weighted by Gasteiger charge is -2.21. The summed E-state index contributed by atoms with van der Waals surface area (Å²) in [6.45, 7) is 2.50. The molecule has 0 bridgehead atoms. The molecule has 21 heavy (non-hydrogen) atoms. The van der Waals surface area contributed by atoms with Gasteiger partial charge < -0.3 is 5.73 Å². The van der Waals surface area contributed by atoms with Gasteiger partial charge in [-0.25, -0.2) is 0 Å². The normalized spacial score (nSPS) is 14.0. The van der Waals surface area contributed by atoms with Gasteiger partial charge in [-0.2, -0.15) is 0 Å². The molecule has 3 rings (SSSR count). The van der Waals surface area contributed by atoms with Crippen LogP contribution in [-0.2, 0) is 13.1 Å². The minimum Gasteiger partial charge on any atom is -0.320 e. The molecule has 1 aliphatic carbocycles. The zero-order valence-corrected chi connectivity index (χ0v) is 12.9. The van der Waals surface area contributed by atoms with Gasteiger partial charge in [0, 0.05) is 29.6 Å². The highest BCUT2D eigenvalue weighted by molar-refractivity contribution is 7.09. The molecule has 2 nitrogen and oxygen atoms in total. The van der Waals surface area contributed by atoms with Crippen LogP contribution in [0.4, 0.5) is 0 Å². The van der Waals surface area contributed by atoms with E-state index in [1.54, 1.807) is 0 Å². The largest absolute Gasteiger partial charge is 0.320 e. The van der Waals surface area contributed by atoms with E-state index in [-0.39, 0.29) is 0 Å². The monoisotopic (exact) mass is 296 g/mol. The minimum atomic E-state index is 0.415. The Kier molecular flexibility index (Phi) is 4.72. The maximum atomic E-state index is 5.40. The highest BCUT2D eigenvalue weighted by Gasteiger charge is 2.29. The Hall–Kier alpha value is -1.60. The summed E-state index contributed by atoms with van der Waals surface area (Å²) in [6.07, 6.45) is 2.68. The number of hydrogen-bond donors (Lipinski definition) is 1. The summed E-state index contributed by atoms with van der Waals surface area (Å²) in [5.74, 6) is 5.96. The maximum Gasteiger partial charge on any atom is 0.0555 e. The SMILES string of the molecule is NCC#Cc1ccc(CN(Cc2cccs2)C2CC2)cc1. The van der Waals surface area contributed by atoms with Crippen LogP contribution in [-0.4, -0.2) is 17.5 Å². The Labute approximate surface area is 130 Å². The van der Waals surface area contributed by atoms with E-state index in [0.717, 1.165) is 24.7 Å². The summed E-state index contributed by atoms with van der Waals surface area (Å²) in [7, 11) is 0. The first-order valence-corrected chi connectivity index (χ1v) is 8.27. The van der Waals surface area contributed by atoms with Crippen molar-refractivity contribution in [2.45, 2.75) is 32.0 Å². The second-order valence-electron chi connectivity index (χ2n) is 5.42. The van der Waals surface area contributed by atoms with Crippen LogP contribution in [0.15, 0.2) is 41.8 Å². The first-order valence-electron chi connectivity index (χ1n) is 7.39. The van der Waals surface area contributed by atoms with Crippen LogP contribution in [0.1, 0.15) is 28.8 Å². The Morgan fingerprint density at radius 1 is 1.14 bits per heavy atom. The first kappa shape index (κ1) is 14.3. The number of hydrogen-bond acceptors (Lipinski definition) is 3. The molecule has 0 saturated heterocycles. The highest BCUT2D eigenvalue weighted by atomic mass is 32.1. The van der Waals surface area contributed by atoms with Crippen molar-refractivity contribution in [3.8, 4) is 11.8 Å². The van der Waals surface area contributed by atoms with E-state index in [4.69, 9.17) is 5.73 Å². The molecule has 0 unspecified atom stereocenters. The zero-order valence-electron chi connectivity index (χ0n) is 12.1. The van der Waals surface area contributed by atoms with Gasteiger partial charge in [-0.05, 0) is 42.0 Å². The summed E-state index contributed by atoms with van der Waals surface area (Å²) in [4.78, 5) is 4.04. The van der Waals surface area contributed by atoms with Gasteiger partial charge in [-0.15, -0.1) is 11.3 Å². The molecule has 1 heterocycles. The van der Waals surface area contributed by atoms with Crippen LogP contribution in [0.5, 0.6) is 0 Å². The van der Waals surface area contributed by atoms with Crippen LogP contribution in [0.3, 0.4) is 0 Å². The Morgan fingerprint density at radius 2 is 1.95 bits per heavy atom. The van der Waals surface area contributed by atoms with Crippen molar-refractivity contribution in [2.75, 3.05) is 6.54 Å². The summed E-state index contributed by atoms with van der Waals surface area (Å²) >= 11 is 1.85. The zero-order chi connectivity index (χ0) is 14.5. The van der Waals surface area contributed by atoms with Crippen LogP contribution < -0.4 is 5.73 Å². The van der Waals surface area contributed by atoms with E-state index in [9.17, 15) is 0 Å². The molecule has 0 radical (unpaired) electrons. The number of benzene rings is 1. The molecule has 3 heteroatoms. The molecule has 1 saturated carbocycles. The van der Waals surface area contributed by atoms with E-state index >= 15 is 0 Å². The molecule has 1 fully saturated rings. The lowest BCUT2D eigenvalue weighted by molar-refractivity contribution is 0.248. The molecule has 0 aliphatic heterocycles. The van der Waals surface area contributed by atoms with Gasteiger partial charge in [0.1, 0.15) is 0 Å². The number of thiophene rings is 1. The standard InChI is InChI=1S/C18H20N2S/c19-11-1-3-15-5-7-16(8-6-15)13-20(17-9-10-17)14-18-4-2-12-21-18/h2,4-8,12,17H,9-11,13-14,19H2. The van der Waals surface area contributed by atoms with Crippen LogP contribution in [0, 0.1) is 11.8 Å². The third-order valence-electron chi connectivity index (χ3n) is 3.68. The molecule has 2 aromatic rings. The van der Waals surface area contributed by atoms with Crippen molar-refractivity contribution in [1.29, 1.82) is 0 Å². The summed E-state index contributed by atoms with van der Waals surface area (Å²) in [5.41, 5.74) is 7.80. The summed E-state index contributed by atoms with van der Waals surface area (Å²) in [6, 6.07) is 13.7. The van der Waals surface area contributed by atoms with Crippen molar-refractivity contribution >= 4 is 11.3 Å². The molecule has 0 spiro atoms. The molecular formula is C18H20N2S. The molecule has 108 valence electrons. The van der Waals surface area contributed by atoms with Crippen LogP contribution >= 0.6 is 11.3 Å². The molecule has 0 atom stereocenters. The van der Waals surface area contributed by atoms with E-state index in [0.29, 0.717) is 6.54 Å². The average Bonchev–Trinajstić information content (AvgIpc) is 3.24. The molecule has 2 N–H and O–H groups in total. The quantitative estimate of drug-likeness (QED) is 0.858. The fraction of sp³-hybridized carbons (Fsp3) is 0.333. The Morgan fingerprint density at radius 3 is 2.57 bits per heavy atom. The van der Waals surface area contributed by atoms with E-state index in [1.165, 1.54) is 23.3 Å². The second-order valence-corrected chi connectivity index (χ2v) is 6.45. The van der Waals surface area contributed by atoms with Crippen molar-refractivity contribution in [2.24, 2.45) is 5.73 Å². The Bertz CT molecular complexity index is 615. The fourth-order valence-corrected chi connectivity index (χ4v) is 3.17. The molecule has 1 aromatic carbocycles. The number of nitrogens with two attached hydrogens (primary N) is 1. The first-order chi connectivity index (χ1) is 10.3. The van der Waals surface area contributed by atoms with Gasteiger partial charge in [0.15, 0.2) is 0 Å². The lowest BCUT2D eigenvalue weighted by Crippen LogP contribution is -2.24. The van der Waals surface area contributed by atoms with Gasteiger partial charge in [0.25, 0.3) is 0 Å². The highest BCUT2D eigenvalue weighted by Crippen LogP contribution is 2.30. The van der Waals surface area contributed by atoms with E-state index in [2.05, 4.69) is 58.5 Å². The van der Waals surface area contributed by atoms with Gasteiger partial charge in [-0.1, -0.05) is 30.0 Å². The lowest BCUT2D eigenvalue weighted by atomic mass is 10.1. The van der Waals surface area contributed by atoms with Crippen molar-refractivity contribution in [1.82, 2.24) is 4.90 Å². The minimum absolute atomic E-state index is 0.415. The molecular weight excluding hydrogens is 276 g/mol. The van der Waals surface area contributed by atoms with Crippen molar-refractivity contribution in [3.63, 3.8) is 0 Å². The summed E-state index contributed by atoms with van der Waals surface area (Å²) in [5, 5.41) is 2.16. The number of nitrogens with zero attached hydrogens (tertiary/aromatic N) is 1. The van der Waals surface area contributed by atoms with E-state index in [1.807, 2.05) is 11.3 Å². The maximum absolute atomic E-state index is 5.40. The molecule has 1 aliphatic rings. The molecule has 0 amide bonds. The van der Waals surface area contributed by atoms with E-state index < -0.39 is 0 Å². The van der Waals surface area contributed by atoms with Crippen LogP contribution in [0.25, 0.3) is 0 Å². The third kappa shape index (κ3) is 4.18. The number of rotatable bonds is 5. The topological polar surface area (TPSA) is 29.3 Å². The average molecular weight is 296 g/mol. The summed E-state index contributed by atoms with van der Waals surface area (Å²) < 4.78 is 0. The van der Waals surface area contributed by atoms with Crippen molar-refractivity contribution < 1.29 is 0 Å². The van der Waals surface area contributed by atoms with Gasteiger partial charge in [-0.3, -0.25) is 4.90 Å². The second kappa shape index (κ2) is 6.91. The van der Waals surface area contributed by atoms with Crippen molar-refractivity contribution in [3.05, 3.63) is 57.8 Å². The van der Waals surface area contributed by atoms with Gasteiger partial charge in [0.05, 0.1) is 6.54 Å². The predicted octanol–water partition coefficient (Wildman–Crippen LogP) is 3.22. The smallest absolute Gasteiger partial charge is 0.0555 e. The van der Waals surface area contributed by atoms with Gasteiger partial charge in [0.2, 0.25) is 0 Å². The molecule has 1 aromatic heterocycles. The third-order valence-corrected chi connectivity index (χ3v) is 4.54. The van der Waals surface area contributed by atoms with Gasteiger partial charge >= 0.3 is 0 Å². The fourth-order valence-electron chi connectivity index (χ4n) is 2.44.